The highest BCUT2D eigenvalue weighted by Gasteiger charge is 2.41. The maximum atomic E-state index is 9.14. The van der Waals surface area contributed by atoms with Crippen LogP contribution in [0.4, 0.5) is 0 Å². The van der Waals surface area contributed by atoms with Crippen molar-refractivity contribution in [1.82, 2.24) is 0 Å². The highest BCUT2D eigenvalue weighted by molar-refractivity contribution is 4.85. The van der Waals surface area contributed by atoms with Crippen molar-refractivity contribution in [3.63, 3.8) is 0 Å². The van der Waals surface area contributed by atoms with Gasteiger partial charge < -0.3 is 24.8 Å². The van der Waals surface area contributed by atoms with E-state index in [9.17, 15) is 0 Å². The van der Waals surface area contributed by atoms with Gasteiger partial charge in [0.05, 0.1) is 6.61 Å². The molecule has 1 aliphatic heterocycles. The molecule has 4 atom stereocenters. The van der Waals surface area contributed by atoms with Gasteiger partial charge in [0.2, 0.25) is 0 Å². The molecule has 0 aromatic rings. The second kappa shape index (κ2) is 3.46. The molecule has 1 rings (SSSR count). The largest absolute Gasteiger partial charge is 0.387 e. The lowest BCUT2D eigenvalue weighted by atomic mass is 10.1. The number of ether oxygens (including phenoxy) is 2. The molecule has 0 aromatic heterocycles. The lowest BCUT2D eigenvalue weighted by Gasteiger charge is -2.11. The van der Waals surface area contributed by atoms with Gasteiger partial charge in [-0.2, -0.15) is 0 Å². The van der Waals surface area contributed by atoms with Crippen molar-refractivity contribution in [2.24, 2.45) is 0 Å². The highest BCUT2D eigenvalue weighted by atomic mass is 16.7. The topological polar surface area (TPSA) is 79.2 Å². The Kier molecular flexibility index (Phi) is 2.80. The molecule has 0 spiro atoms. The van der Waals surface area contributed by atoms with Crippen molar-refractivity contribution in [2.45, 2.75) is 24.6 Å². The van der Waals surface area contributed by atoms with Crippen LogP contribution in [0.25, 0.3) is 0 Å². The molecular weight excluding hydrogens is 152 g/mol. The summed E-state index contributed by atoms with van der Waals surface area (Å²) in [5, 5.41) is 27.0. The molecule has 11 heavy (non-hydrogen) atoms. The lowest BCUT2D eigenvalue weighted by Crippen LogP contribution is -2.34. The smallest absolute Gasteiger partial charge is 0.184 e. The Bertz CT molecular complexity index is 128. The molecule has 0 aromatic carbocycles. The van der Waals surface area contributed by atoms with Gasteiger partial charge in [0.15, 0.2) is 6.29 Å². The zero-order valence-corrected chi connectivity index (χ0v) is 6.17. The number of methoxy groups -OCH3 is 1. The molecule has 0 bridgehead atoms. The van der Waals surface area contributed by atoms with E-state index in [4.69, 9.17) is 20.1 Å². The van der Waals surface area contributed by atoms with Crippen molar-refractivity contribution < 1.29 is 24.8 Å². The van der Waals surface area contributed by atoms with E-state index in [0.29, 0.717) is 0 Å². The molecule has 0 saturated carbocycles. The van der Waals surface area contributed by atoms with Gasteiger partial charge in [0.1, 0.15) is 18.3 Å². The Balaban J connectivity index is 2.45. The number of aliphatic hydroxyl groups is 3. The van der Waals surface area contributed by atoms with Crippen molar-refractivity contribution in [3.8, 4) is 0 Å². The van der Waals surface area contributed by atoms with Crippen molar-refractivity contribution in [2.75, 3.05) is 13.7 Å². The first-order valence-electron chi connectivity index (χ1n) is 3.35. The van der Waals surface area contributed by atoms with Crippen LogP contribution in [-0.2, 0) is 9.47 Å². The quantitative estimate of drug-likeness (QED) is 0.443. The molecule has 0 aliphatic carbocycles. The number of hydrogen-bond donors (Lipinski definition) is 3. The summed E-state index contributed by atoms with van der Waals surface area (Å²) in [6.45, 7) is 0.162. The summed E-state index contributed by atoms with van der Waals surface area (Å²) in [5.74, 6) is 0. The zero-order chi connectivity index (χ0) is 8.43. The first kappa shape index (κ1) is 8.89. The van der Waals surface area contributed by atoms with Crippen LogP contribution in [0.2, 0.25) is 0 Å². The second-order valence-corrected chi connectivity index (χ2v) is 2.50. The number of rotatable bonds is 2. The fourth-order valence-corrected chi connectivity index (χ4v) is 1.03. The minimum atomic E-state index is -1.30. The van der Waals surface area contributed by atoms with E-state index in [0.717, 1.165) is 0 Å². The molecule has 1 heterocycles. The normalized spacial score (nSPS) is 44.7. The van der Waals surface area contributed by atoms with Crippen LogP contribution in [0.5, 0.6) is 0 Å². The summed E-state index contributed by atoms with van der Waals surface area (Å²) in [5.41, 5.74) is 0. The molecule has 1 saturated heterocycles. The Morgan fingerprint density at radius 1 is 1.27 bits per heavy atom. The number of aliphatic hydroxyl groups excluding tert-OH is 3. The zero-order valence-electron chi connectivity index (χ0n) is 6.17. The van der Waals surface area contributed by atoms with E-state index in [-0.39, 0.29) is 6.61 Å². The highest BCUT2D eigenvalue weighted by Crippen LogP contribution is 2.19. The SMILES string of the molecule is COC[C@H]1O[C@H](O)[C@@H](O)[C@H]1O. The van der Waals surface area contributed by atoms with Gasteiger partial charge in [0, 0.05) is 7.11 Å². The van der Waals surface area contributed by atoms with E-state index in [1.54, 1.807) is 0 Å². The van der Waals surface area contributed by atoms with Gasteiger partial charge in [-0.15, -0.1) is 0 Å². The summed E-state index contributed by atoms with van der Waals surface area (Å²) < 4.78 is 9.44. The lowest BCUT2D eigenvalue weighted by molar-refractivity contribution is -0.134. The van der Waals surface area contributed by atoms with Crippen LogP contribution >= 0.6 is 0 Å². The minimum Gasteiger partial charge on any atom is -0.387 e. The van der Waals surface area contributed by atoms with E-state index in [1.165, 1.54) is 7.11 Å². The van der Waals surface area contributed by atoms with Crippen LogP contribution in [-0.4, -0.2) is 53.6 Å². The molecule has 5 heteroatoms. The summed E-state index contributed by atoms with van der Waals surface area (Å²) in [6.07, 6.45) is -4.23. The molecule has 66 valence electrons. The fraction of sp³-hybridized carbons (Fsp3) is 1.00. The fourth-order valence-electron chi connectivity index (χ4n) is 1.03. The predicted octanol–water partition coefficient (Wildman–Crippen LogP) is -1.93. The predicted molar refractivity (Wildman–Crippen MR) is 34.8 cm³/mol. The maximum absolute atomic E-state index is 9.14. The second-order valence-electron chi connectivity index (χ2n) is 2.50. The molecular formula is C6H12O5. The Labute approximate surface area is 64.2 Å². The third kappa shape index (κ3) is 1.69. The third-order valence-corrected chi connectivity index (χ3v) is 1.67. The standard InChI is InChI=1S/C6H12O5/c1-10-2-3-4(7)5(8)6(9)11-3/h3-9H,2H2,1H3/t3-,4+,5+,6+/m1/s1. The minimum absolute atomic E-state index is 0.162. The third-order valence-electron chi connectivity index (χ3n) is 1.67. The van der Waals surface area contributed by atoms with Crippen molar-refractivity contribution in [3.05, 3.63) is 0 Å². The van der Waals surface area contributed by atoms with Crippen molar-refractivity contribution in [1.29, 1.82) is 0 Å². The average Bonchev–Trinajstić information content (AvgIpc) is 2.19. The molecule has 1 aliphatic rings. The Morgan fingerprint density at radius 2 is 1.91 bits per heavy atom. The van der Waals surface area contributed by atoms with Gasteiger partial charge in [-0.25, -0.2) is 0 Å². The van der Waals surface area contributed by atoms with E-state index < -0.39 is 24.6 Å². The molecule has 0 radical (unpaired) electrons. The van der Waals surface area contributed by atoms with Crippen LogP contribution in [0.15, 0.2) is 0 Å². The average molecular weight is 164 g/mol. The molecule has 0 amide bonds. The van der Waals surface area contributed by atoms with E-state index >= 15 is 0 Å². The number of hydrogen-bond acceptors (Lipinski definition) is 5. The molecule has 0 unspecified atom stereocenters. The molecule has 5 nitrogen and oxygen atoms in total. The van der Waals surface area contributed by atoms with E-state index in [1.807, 2.05) is 0 Å². The monoisotopic (exact) mass is 164 g/mol. The van der Waals surface area contributed by atoms with E-state index in [2.05, 4.69) is 4.74 Å². The van der Waals surface area contributed by atoms with Crippen LogP contribution < -0.4 is 0 Å². The molecule has 1 fully saturated rings. The van der Waals surface area contributed by atoms with Gasteiger partial charge in [0.25, 0.3) is 0 Å². The van der Waals surface area contributed by atoms with Gasteiger partial charge >= 0.3 is 0 Å². The van der Waals surface area contributed by atoms with Crippen molar-refractivity contribution >= 4 is 0 Å². The summed E-state index contributed by atoms with van der Waals surface area (Å²) >= 11 is 0. The van der Waals surface area contributed by atoms with Crippen LogP contribution in [0.3, 0.4) is 0 Å². The van der Waals surface area contributed by atoms with Crippen LogP contribution in [0.1, 0.15) is 0 Å². The Morgan fingerprint density at radius 3 is 2.27 bits per heavy atom. The van der Waals surface area contributed by atoms with Crippen LogP contribution in [0, 0.1) is 0 Å². The van der Waals surface area contributed by atoms with Gasteiger partial charge in [-0.1, -0.05) is 0 Å². The summed E-state index contributed by atoms with van der Waals surface area (Å²) in [7, 11) is 1.45. The first-order valence-corrected chi connectivity index (χ1v) is 3.35. The maximum Gasteiger partial charge on any atom is 0.184 e. The Hall–Kier alpha value is -0.200. The van der Waals surface area contributed by atoms with Gasteiger partial charge in [-0.05, 0) is 0 Å². The summed E-state index contributed by atoms with van der Waals surface area (Å²) in [4.78, 5) is 0. The molecule has 3 N–H and O–H groups in total. The summed E-state index contributed by atoms with van der Waals surface area (Å²) in [6, 6.07) is 0. The first-order chi connectivity index (χ1) is 5.16. The van der Waals surface area contributed by atoms with Gasteiger partial charge in [-0.3, -0.25) is 0 Å².